The van der Waals surface area contributed by atoms with Crippen molar-refractivity contribution >= 4 is 0 Å². The lowest BCUT2D eigenvalue weighted by molar-refractivity contribution is -0.894. The second kappa shape index (κ2) is 7.43. The van der Waals surface area contributed by atoms with E-state index in [4.69, 9.17) is 0 Å². The lowest BCUT2D eigenvalue weighted by Gasteiger charge is -2.32. The molecule has 1 atom stereocenters. The number of hydrogen-bond acceptors (Lipinski definition) is 2. The maximum absolute atomic E-state index is 10.4. The minimum absolute atomic E-state index is 0.229. The van der Waals surface area contributed by atoms with E-state index in [2.05, 4.69) is 38.4 Å². The van der Waals surface area contributed by atoms with Gasteiger partial charge in [-0.3, -0.25) is 0 Å². The highest BCUT2D eigenvalue weighted by atomic mass is 16.3. The lowest BCUT2D eigenvalue weighted by atomic mass is 10.1. The summed E-state index contributed by atoms with van der Waals surface area (Å²) in [5, 5.41) is 19.7. The smallest absolute Gasteiger partial charge is 0.128 e. The lowest BCUT2D eigenvalue weighted by Crippen LogP contribution is -2.43. The van der Waals surface area contributed by atoms with Crippen molar-refractivity contribution < 1.29 is 14.7 Å². The fourth-order valence-corrected chi connectivity index (χ4v) is 2.72. The van der Waals surface area contributed by atoms with Crippen molar-refractivity contribution in [2.24, 2.45) is 0 Å². The molecule has 0 saturated heterocycles. The van der Waals surface area contributed by atoms with E-state index < -0.39 is 6.10 Å². The molecular formula is C19H26NO2+. The van der Waals surface area contributed by atoms with Crippen molar-refractivity contribution in [1.29, 1.82) is 0 Å². The van der Waals surface area contributed by atoms with Gasteiger partial charge in [0.2, 0.25) is 0 Å². The van der Waals surface area contributed by atoms with Gasteiger partial charge in [-0.1, -0.05) is 42.5 Å². The van der Waals surface area contributed by atoms with Crippen LogP contribution in [0.15, 0.2) is 54.6 Å². The highest BCUT2D eigenvalue weighted by Gasteiger charge is 2.21. The van der Waals surface area contributed by atoms with Crippen molar-refractivity contribution in [3.63, 3.8) is 0 Å². The number of aliphatic hydroxyl groups is 1. The molecule has 0 heterocycles. The molecule has 0 bridgehead atoms. The zero-order valence-corrected chi connectivity index (χ0v) is 13.4. The summed E-state index contributed by atoms with van der Waals surface area (Å²) in [7, 11) is 4.29. The predicted molar refractivity (Wildman–Crippen MR) is 89.7 cm³/mol. The average Bonchev–Trinajstić information content (AvgIpc) is 2.48. The molecule has 1 unspecified atom stereocenters. The minimum Gasteiger partial charge on any atom is -0.508 e. The second-order valence-electron chi connectivity index (χ2n) is 6.54. The van der Waals surface area contributed by atoms with E-state index in [9.17, 15) is 10.2 Å². The van der Waals surface area contributed by atoms with E-state index in [0.29, 0.717) is 6.54 Å². The Kier molecular flexibility index (Phi) is 5.58. The van der Waals surface area contributed by atoms with Crippen LogP contribution >= 0.6 is 0 Å². The predicted octanol–water partition coefficient (Wildman–Crippen LogP) is 3.13. The number of phenols is 1. The maximum Gasteiger partial charge on any atom is 0.128 e. The molecule has 3 heteroatoms. The fourth-order valence-electron chi connectivity index (χ4n) is 2.72. The highest BCUT2D eigenvalue weighted by Crippen LogP contribution is 2.19. The van der Waals surface area contributed by atoms with Gasteiger partial charge in [0.1, 0.15) is 18.4 Å². The summed E-state index contributed by atoms with van der Waals surface area (Å²) in [6, 6.07) is 17.3. The van der Waals surface area contributed by atoms with Crippen LogP contribution in [0, 0.1) is 0 Å². The van der Waals surface area contributed by atoms with Crippen LogP contribution in [0.4, 0.5) is 0 Å². The zero-order chi connectivity index (χ0) is 16.0. The minimum atomic E-state index is -0.507. The molecule has 2 rings (SSSR count). The summed E-state index contributed by atoms with van der Waals surface area (Å²) in [4.78, 5) is 0. The molecule has 0 aromatic heterocycles. The standard InChI is InChI=1S/C19H25NO2/c1-20(2,14-6-9-16-7-4-3-5-8-16)15-19(22)17-10-12-18(21)13-11-17/h3-5,7-8,10-13,19,22H,6,9,14-15H2,1-2H3/p+1. The molecule has 3 nitrogen and oxygen atoms in total. The van der Waals surface area contributed by atoms with Crippen LogP contribution in [0.2, 0.25) is 0 Å². The second-order valence-corrected chi connectivity index (χ2v) is 6.54. The SMILES string of the molecule is C[N+](C)(CCCc1ccccc1)CC(O)c1ccc(O)cc1. The largest absolute Gasteiger partial charge is 0.508 e. The van der Waals surface area contributed by atoms with Crippen LogP contribution in [0.3, 0.4) is 0 Å². The molecule has 118 valence electrons. The Morgan fingerprint density at radius 1 is 0.955 bits per heavy atom. The van der Waals surface area contributed by atoms with Gasteiger partial charge < -0.3 is 14.7 Å². The Morgan fingerprint density at radius 2 is 1.59 bits per heavy atom. The number of hydrogen-bond donors (Lipinski definition) is 2. The quantitative estimate of drug-likeness (QED) is 0.771. The highest BCUT2D eigenvalue weighted by molar-refractivity contribution is 5.27. The van der Waals surface area contributed by atoms with Gasteiger partial charge in [-0.05, 0) is 29.7 Å². The van der Waals surface area contributed by atoms with Gasteiger partial charge in [-0.2, -0.15) is 0 Å². The van der Waals surface area contributed by atoms with Gasteiger partial charge >= 0.3 is 0 Å². The Balaban J connectivity index is 1.83. The summed E-state index contributed by atoms with van der Waals surface area (Å²) < 4.78 is 0.773. The third-order valence-corrected chi connectivity index (χ3v) is 4.02. The summed E-state index contributed by atoms with van der Waals surface area (Å²) in [6.45, 7) is 1.68. The first-order valence-corrected chi connectivity index (χ1v) is 7.79. The topological polar surface area (TPSA) is 40.5 Å². The molecule has 22 heavy (non-hydrogen) atoms. The van der Waals surface area contributed by atoms with Gasteiger partial charge in [-0.15, -0.1) is 0 Å². The number of aromatic hydroxyl groups is 1. The molecule has 2 aromatic rings. The molecule has 0 fully saturated rings. The number of aryl methyl sites for hydroxylation is 1. The first-order chi connectivity index (χ1) is 10.5. The number of aliphatic hydroxyl groups excluding tert-OH is 1. The van der Waals surface area contributed by atoms with Crippen LogP contribution in [0.25, 0.3) is 0 Å². The van der Waals surface area contributed by atoms with Crippen LogP contribution in [0.1, 0.15) is 23.7 Å². The monoisotopic (exact) mass is 300 g/mol. The first-order valence-electron chi connectivity index (χ1n) is 7.79. The van der Waals surface area contributed by atoms with E-state index in [1.165, 1.54) is 5.56 Å². The molecule has 2 aromatic carbocycles. The van der Waals surface area contributed by atoms with Crippen molar-refractivity contribution in [3.8, 4) is 5.75 Å². The Morgan fingerprint density at radius 3 is 2.23 bits per heavy atom. The first kappa shape index (κ1) is 16.5. The molecule has 2 N–H and O–H groups in total. The van der Waals surface area contributed by atoms with Gasteiger partial charge in [0.05, 0.1) is 20.6 Å². The van der Waals surface area contributed by atoms with Gasteiger partial charge in [0.25, 0.3) is 0 Å². The molecule has 0 radical (unpaired) electrons. The van der Waals surface area contributed by atoms with E-state index >= 15 is 0 Å². The number of benzene rings is 2. The van der Waals surface area contributed by atoms with E-state index in [1.807, 2.05) is 6.07 Å². The molecule has 0 aliphatic rings. The summed E-state index contributed by atoms with van der Waals surface area (Å²) in [5.74, 6) is 0.229. The number of quaternary nitrogens is 1. The third-order valence-electron chi connectivity index (χ3n) is 4.02. The number of phenolic OH excluding ortho intramolecular Hbond substituents is 1. The molecular weight excluding hydrogens is 274 g/mol. The Bertz CT molecular complexity index is 564. The van der Waals surface area contributed by atoms with E-state index in [1.54, 1.807) is 24.3 Å². The third kappa shape index (κ3) is 5.17. The van der Waals surface area contributed by atoms with Crippen molar-refractivity contribution in [3.05, 3.63) is 65.7 Å². The Hall–Kier alpha value is -1.84. The van der Waals surface area contributed by atoms with Crippen LogP contribution < -0.4 is 0 Å². The molecule has 0 amide bonds. The zero-order valence-electron chi connectivity index (χ0n) is 13.4. The fraction of sp³-hybridized carbons (Fsp3) is 0.368. The summed E-state index contributed by atoms with van der Waals surface area (Å²) >= 11 is 0. The van der Waals surface area contributed by atoms with Crippen LogP contribution in [-0.4, -0.2) is 41.9 Å². The van der Waals surface area contributed by atoms with E-state index in [0.717, 1.165) is 29.4 Å². The van der Waals surface area contributed by atoms with Crippen molar-refractivity contribution in [2.75, 3.05) is 27.2 Å². The van der Waals surface area contributed by atoms with Crippen LogP contribution in [-0.2, 0) is 6.42 Å². The van der Waals surface area contributed by atoms with Gasteiger partial charge in [0.15, 0.2) is 0 Å². The number of rotatable bonds is 7. The van der Waals surface area contributed by atoms with Crippen LogP contribution in [0.5, 0.6) is 5.75 Å². The molecule has 0 spiro atoms. The number of nitrogens with zero attached hydrogens (tertiary/aromatic N) is 1. The normalized spacial score (nSPS) is 13.0. The molecule has 0 saturated carbocycles. The summed E-state index contributed by atoms with van der Waals surface area (Å²) in [6.07, 6.45) is 1.66. The average molecular weight is 300 g/mol. The van der Waals surface area contributed by atoms with E-state index in [-0.39, 0.29) is 5.75 Å². The Labute approximate surface area is 133 Å². The van der Waals surface area contributed by atoms with Crippen molar-refractivity contribution in [1.82, 2.24) is 0 Å². The maximum atomic E-state index is 10.4. The summed E-state index contributed by atoms with van der Waals surface area (Å²) in [5.41, 5.74) is 2.22. The van der Waals surface area contributed by atoms with Gasteiger partial charge in [0, 0.05) is 6.42 Å². The molecule has 0 aliphatic heterocycles. The number of likely N-dealkylation sites (N-methyl/N-ethyl adjacent to an activating group) is 1. The molecule has 0 aliphatic carbocycles. The van der Waals surface area contributed by atoms with Crippen molar-refractivity contribution in [2.45, 2.75) is 18.9 Å². The van der Waals surface area contributed by atoms with Gasteiger partial charge in [-0.25, -0.2) is 0 Å².